The molecule has 5 aromatic rings. The number of Topliss-reactive ketones (excluding diaryl/α,β-unsaturated/α-hetero) is 1. The highest BCUT2D eigenvalue weighted by Crippen LogP contribution is 2.38. The monoisotopic (exact) mass is 601 g/mol. The van der Waals surface area contributed by atoms with Crippen molar-refractivity contribution in [2.75, 3.05) is 10.6 Å². The fourth-order valence-electron chi connectivity index (χ4n) is 5.26. The van der Waals surface area contributed by atoms with Gasteiger partial charge in [0.25, 0.3) is 0 Å². The Morgan fingerprint density at radius 1 is 1.14 bits per heavy atom. The van der Waals surface area contributed by atoms with E-state index in [4.69, 9.17) is 11.6 Å². The van der Waals surface area contributed by atoms with Gasteiger partial charge in [0.1, 0.15) is 11.8 Å². The molecule has 218 valence electrons. The molecule has 0 amide bonds. The maximum atomic E-state index is 13.0. The predicted molar refractivity (Wildman–Crippen MR) is 169 cm³/mol. The first-order valence-corrected chi connectivity index (χ1v) is 14.7. The molecule has 0 saturated heterocycles. The van der Waals surface area contributed by atoms with Crippen molar-refractivity contribution in [1.29, 1.82) is 10.5 Å². The van der Waals surface area contributed by atoms with Gasteiger partial charge in [0, 0.05) is 34.3 Å². The number of anilines is 2. The summed E-state index contributed by atoms with van der Waals surface area (Å²) >= 11 is 6.66. The molecule has 1 saturated carbocycles. The Balaban J connectivity index is 1.52. The molecule has 3 aromatic carbocycles. The van der Waals surface area contributed by atoms with Gasteiger partial charge in [-0.2, -0.15) is 10.5 Å². The Kier molecular flexibility index (Phi) is 7.86. The molecular formula is C34H29ClN8O. The number of carbonyl (C=O) groups is 1. The third kappa shape index (κ3) is 5.96. The van der Waals surface area contributed by atoms with Crippen molar-refractivity contribution in [1.82, 2.24) is 20.0 Å². The van der Waals surface area contributed by atoms with Crippen LogP contribution in [0.1, 0.15) is 84.8 Å². The average Bonchev–Trinajstić information content (AvgIpc) is 3.78. The first-order chi connectivity index (χ1) is 21.8. The van der Waals surface area contributed by atoms with Gasteiger partial charge in [-0.15, -0.1) is 5.10 Å². The molecule has 2 aromatic heterocycles. The Hall–Kier alpha value is -5.25. The minimum absolute atomic E-state index is 0.233. The number of carbonyl (C=O) groups excluding carboxylic acids is 1. The summed E-state index contributed by atoms with van der Waals surface area (Å²) in [5.41, 5.74) is 3.67. The van der Waals surface area contributed by atoms with Crippen molar-refractivity contribution < 1.29 is 6.17 Å². The van der Waals surface area contributed by atoms with Gasteiger partial charge in [-0.1, -0.05) is 65.3 Å². The van der Waals surface area contributed by atoms with E-state index >= 15 is 0 Å². The first kappa shape index (κ1) is 27.6. The average molecular weight is 602 g/mol. The summed E-state index contributed by atoms with van der Waals surface area (Å²) in [5, 5.41) is 35.8. The van der Waals surface area contributed by atoms with Crippen LogP contribution in [-0.4, -0.2) is 25.8 Å². The quantitative estimate of drug-likeness (QED) is 0.148. The van der Waals surface area contributed by atoms with Gasteiger partial charge in [-0.25, -0.2) is 4.68 Å². The van der Waals surface area contributed by atoms with Crippen molar-refractivity contribution in [3.8, 4) is 12.1 Å². The van der Waals surface area contributed by atoms with E-state index in [1.54, 1.807) is 47.3 Å². The van der Waals surface area contributed by atoms with Gasteiger partial charge in [-0.05, 0) is 55.5 Å². The SMILES string of the molecule is [2H][C@](Nc1cc(C(C)=O)c2ncc(C#N)c(N[C@H](CCC#N)c3ccccc3)c2c1)(c1cn(C2CC2)nn1)c1ccccc1Cl. The topological polar surface area (TPSA) is 132 Å². The number of rotatable bonds is 11. The summed E-state index contributed by atoms with van der Waals surface area (Å²) in [5.74, 6) is -0.233. The lowest BCUT2D eigenvalue weighted by atomic mass is 9.98. The van der Waals surface area contributed by atoms with Crippen LogP contribution < -0.4 is 10.6 Å². The molecule has 0 unspecified atom stereocenters. The molecule has 10 heteroatoms. The predicted octanol–water partition coefficient (Wildman–Crippen LogP) is 7.55. The minimum Gasteiger partial charge on any atom is -0.377 e. The minimum atomic E-state index is -1.68. The van der Waals surface area contributed by atoms with Crippen molar-refractivity contribution in [3.63, 3.8) is 0 Å². The van der Waals surface area contributed by atoms with Gasteiger partial charge >= 0.3 is 0 Å². The van der Waals surface area contributed by atoms with E-state index in [1.165, 1.54) is 13.1 Å². The molecule has 2 heterocycles. The molecule has 1 aliphatic carbocycles. The van der Waals surface area contributed by atoms with Gasteiger partial charge in [-0.3, -0.25) is 9.78 Å². The smallest absolute Gasteiger partial charge is 0.162 e. The van der Waals surface area contributed by atoms with Crippen LogP contribution in [0, 0.1) is 22.7 Å². The summed E-state index contributed by atoms with van der Waals surface area (Å²) in [6.45, 7) is 1.45. The summed E-state index contributed by atoms with van der Waals surface area (Å²) in [6.07, 6.45) is 6.00. The molecule has 6 rings (SSSR count). The lowest BCUT2D eigenvalue weighted by molar-refractivity contribution is 0.101. The van der Waals surface area contributed by atoms with E-state index in [9.17, 15) is 16.7 Å². The fourth-order valence-corrected chi connectivity index (χ4v) is 5.49. The zero-order valence-electron chi connectivity index (χ0n) is 25.0. The third-order valence-electron chi connectivity index (χ3n) is 7.64. The zero-order chi connectivity index (χ0) is 31.6. The standard InChI is InChI=1S/C34H29ClN8O/c1-21(44)27-16-24(39-34(26-10-5-6-11-29(26)35)31-20-43(42-41-31)25-13-14-25)17-28-32(23(18-37)19-38-33(27)28)40-30(12-7-15-36)22-8-3-2-4-9-22/h2-6,8-11,16-17,19-20,25,30,34,39H,7,12-14H2,1H3,(H,38,40)/t30-,34-/m1/s1/i34D. The number of benzene rings is 3. The number of hydrogen-bond acceptors (Lipinski definition) is 8. The molecule has 0 aliphatic heterocycles. The number of ketones is 1. The van der Waals surface area contributed by atoms with Crippen molar-refractivity contribution in [2.24, 2.45) is 0 Å². The number of halogens is 1. The molecule has 9 nitrogen and oxygen atoms in total. The lowest BCUT2D eigenvalue weighted by Crippen LogP contribution is -2.15. The summed E-state index contributed by atoms with van der Waals surface area (Å²) in [7, 11) is 0. The van der Waals surface area contributed by atoms with Gasteiger partial charge < -0.3 is 10.6 Å². The van der Waals surface area contributed by atoms with E-state index in [-0.39, 0.29) is 23.4 Å². The maximum absolute atomic E-state index is 13.0. The normalized spacial score (nSPS) is 15.0. The third-order valence-corrected chi connectivity index (χ3v) is 7.97. The fraction of sp³-hybridized carbons (Fsp3) is 0.235. The van der Waals surface area contributed by atoms with Crippen molar-refractivity contribution in [3.05, 3.63) is 112 Å². The van der Waals surface area contributed by atoms with Crippen LogP contribution in [-0.2, 0) is 0 Å². The number of nitrogens with zero attached hydrogens (tertiary/aromatic N) is 6. The Labute approximate surface area is 261 Å². The van der Waals surface area contributed by atoms with E-state index in [2.05, 4.69) is 38.1 Å². The Morgan fingerprint density at radius 2 is 1.91 bits per heavy atom. The molecule has 44 heavy (non-hydrogen) atoms. The molecule has 0 bridgehead atoms. The van der Waals surface area contributed by atoms with Gasteiger partial charge in [0.2, 0.25) is 0 Å². The highest BCUT2D eigenvalue weighted by molar-refractivity contribution is 6.31. The van der Waals surface area contributed by atoms with Crippen LogP contribution >= 0.6 is 11.6 Å². The Bertz CT molecular complexity index is 1980. The molecule has 1 fully saturated rings. The summed E-state index contributed by atoms with van der Waals surface area (Å²) in [4.78, 5) is 17.5. The van der Waals surface area contributed by atoms with E-state index in [0.29, 0.717) is 57.0 Å². The largest absolute Gasteiger partial charge is 0.377 e. The number of pyridine rings is 1. The van der Waals surface area contributed by atoms with Crippen molar-refractivity contribution >= 4 is 39.7 Å². The highest BCUT2D eigenvalue weighted by atomic mass is 35.5. The molecule has 2 N–H and O–H groups in total. The van der Waals surface area contributed by atoms with E-state index in [1.807, 2.05) is 30.3 Å². The Morgan fingerprint density at radius 3 is 2.61 bits per heavy atom. The maximum Gasteiger partial charge on any atom is 0.162 e. The zero-order valence-corrected chi connectivity index (χ0v) is 24.7. The van der Waals surface area contributed by atoms with Crippen LogP contribution in [0.3, 0.4) is 0 Å². The van der Waals surface area contributed by atoms with Gasteiger partial charge in [0.05, 0.1) is 48.5 Å². The van der Waals surface area contributed by atoms with Crippen molar-refractivity contribution in [2.45, 2.75) is 50.7 Å². The number of fused-ring (bicyclic) bond motifs is 1. The summed E-state index contributed by atoms with van der Waals surface area (Å²) in [6, 6.07) is 22.9. The number of aromatic nitrogens is 4. The molecular weight excluding hydrogens is 572 g/mol. The van der Waals surface area contributed by atoms with Gasteiger partial charge in [0.15, 0.2) is 5.78 Å². The van der Waals surface area contributed by atoms with Crippen LogP contribution in [0.5, 0.6) is 0 Å². The molecule has 0 spiro atoms. The second kappa shape index (κ2) is 12.5. The number of hydrogen-bond donors (Lipinski definition) is 2. The first-order valence-electron chi connectivity index (χ1n) is 14.8. The number of nitriles is 2. The van der Waals surface area contributed by atoms with Crippen LogP contribution in [0.2, 0.25) is 5.02 Å². The molecule has 0 radical (unpaired) electrons. The second-order valence-corrected chi connectivity index (χ2v) is 11.1. The second-order valence-electron chi connectivity index (χ2n) is 10.7. The summed E-state index contributed by atoms with van der Waals surface area (Å²) < 4.78 is 11.5. The van der Waals surface area contributed by atoms with Crippen LogP contribution in [0.15, 0.2) is 79.1 Å². The molecule has 2 atom stereocenters. The van der Waals surface area contributed by atoms with E-state index < -0.39 is 6.02 Å². The lowest BCUT2D eigenvalue weighted by Gasteiger charge is -2.23. The van der Waals surface area contributed by atoms with Crippen LogP contribution in [0.25, 0.3) is 10.9 Å². The molecule has 1 aliphatic rings. The van der Waals surface area contributed by atoms with Crippen LogP contribution in [0.4, 0.5) is 11.4 Å². The van der Waals surface area contributed by atoms with E-state index in [0.717, 1.165) is 18.4 Å². The highest BCUT2D eigenvalue weighted by Gasteiger charge is 2.28. The number of nitrogens with one attached hydrogen (secondary N) is 2.